The van der Waals surface area contributed by atoms with Crippen molar-refractivity contribution in [2.45, 2.75) is 64.9 Å². The first-order valence-corrected chi connectivity index (χ1v) is 15.7. The van der Waals surface area contributed by atoms with Crippen LogP contribution >= 0.6 is 21.6 Å². The molecule has 36 heavy (non-hydrogen) atoms. The van der Waals surface area contributed by atoms with Crippen LogP contribution in [0.15, 0.2) is 12.2 Å². The van der Waals surface area contributed by atoms with E-state index in [1.54, 1.807) is 21.6 Å². The van der Waals surface area contributed by atoms with Crippen LogP contribution < -0.4 is 10.6 Å². The summed E-state index contributed by atoms with van der Waals surface area (Å²) >= 11 is 0. The van der Waals surface area contributed by atoms with E-state index >= 15 is 0 Å². The van der Waals surface area contributed by atoms with Gasteiger partial charge < -0.3 is 34.3 Å². The molecule has 0 saturated heterocycles. The molecule has 0 aromatic heterocycles. The lowest BCUT2D eigenvalue weighted by atomic mass is 10.2. The molecule has 0 aromatic carbocycles. The molecule has 2 N–H and O–H groups in total. The van der Waals surface area contributed by atoms with Gasteiger partial charge in [0, 0.05) is 32.0 Å². The third-order valence-corrected chi connectivity index (χ3v) is 7.50. The normalized spacial score (nSPS) is 14.4. The predicted molar refractivity (Wildman–Crippen MR) is 153 cm³/mol. The van der Waals surface area contributed by atoms with E-state index in [-0.39, 0.29) is 10.8 Å². The first kappa shape index (κ1) is 35.7. The summed E-state index contributed by atoms with van der Waals surface area (Å²) in [5, 5.41) is 6.25. The first-order valence-electron chi connectivity index (χ1n) is 13.2. The molecule has 0 aromatic rings. The number of nitrogens with one attached hydrogen (secondary N) is 2. The van der Waals surface area contributed by atoms with Crippen LogP contribution in [0.25, 0.3) is 0 Å². The maximum Gasteiger partial charge on any atom is 0.222 e. The molecular formula is C26H52N2O6S2. The Morgan fingerprint density at radius 3 is 2.17 bits per heavy atom. The number of hydrogen-bond donors (Lipinski definition) is 2. The molecule has 10 heteroatoms. The monoisotopic (exact) mass is 552 g/mol. The van der Waals surface area contributed by atoms with Crippen molar-refractivity contribution in [2.24, 2.45) is 5.92 Å². The highest BCUT2D eigenvalue weighted by Crippen LogP contribution is 2.37. The van der Waals surface area contributed by atoms with Gasteiger partial charge in [-0.1, -0.05) is 54.5 Å². The van der Waals surface area contributed by atoms with Crippen molar-refractivity contribution in [2.75, 3.05) is 78.8 Å². The van der Waals surface area contributed by atoms with E-state index in [1.165, 1.54) is 0 Å². The summed E-state index contributed by atoms with van der Waals surface area (Å²) in [6.45, 7) is 16.9. The second-order valence-corrected chi connectivity index (χ2v) is 11.8. The Morgan fingerprint density at radius 1 is 0.917 bits per heavy atom. The lowest BCUT2D eigenvalue weighted by molar-refractivity contribution is -0.122. The van der Waals surface area contributed by atoms with Crippen LogP contribution in [0.1, 0.15) is 53.9 Å². The maximum atomic E-state index is 11.7. The highest BCUT2D eigenvalue weighted by molar-refractivity contribution is 8.76. The Morgan fingerprint density at radius 2 is 1.53 bits per heavy atom. The van der Waals surface area contributed by atoms with Crippen molar-refractivity contribution in [3.63, 3.8) is 0 Å². The molecule has 2 unspecified atom stereocenters. The second-order valence-electron chi connectivity index (χ2n) is 8.92. The molecule has 8 nitrogen and oxygen atoms in total. The Balaban J connectivity index is 3.69. The summed E-state index contributed by atoms with van der Waals surface area (Å²) < 4.78 is 28.5. The number of rotatable bonds is 26. The van der Waals surface area contributed by atoms with Gasteiger partial charge in [0.1, 0.15) is 4.93 Å². The fraction of sp³-hybridized carbons (Fsp3) is 0.885. The molecule has 0 heterocycles. The average Bonchev–Trinajstić information content (AvgIpc) is 2.84. The van der Waals surface area contributed by atoms with Crippen molar-refractivity contribution < 1.29 is 28.5 Å². The highest BCUT2D eigenvalue weighted by Gasteiger charge is 2.25. The molecule has 0 aliphatic rings. The van der Waals surface area contributed by atoms with Crippen LogP contribution in [-0.4, -0.2) is 95.7 Å². The first-order chi connectivity index (χ1) is 17.3. The minimum Gasteiger partial charge on any atom is -0.379 e. The number of amides is 1. The zero-order chi connectivity index (χ0) is 26.9. The molecule has 0 aliphatic carbocycles. The molecule has 1 amide bonds. The molecule has 0 radical (unpaired) electrons. The van der Waals surface area contributed by atoms with Gasteiger partial charge in [0.2, 0.25) is 5.91 Å². The Kier molecular flexibility index (Phi) is 24.7. The number of hydrogen-bond acceptors (Lipinski definition) is 9. The minimum atomic E-state index is -0.335. The number of allylic oxidation sites excluding steroid dienone is 1. The number of carbonyl (C=O) groups excluding carboxylic acids is 1. The number of ether oxygens (including phenoxy) is 5. The molecule has 2 atom stereocenters. The van der Waals surface area contributed by atoms with Crippen LogP contribution in [-0.2, 0) is 28.5 Å². The zero-order valence-corrected chi connectivity index (χ0v) is 25.1. The Labute approximate surface area is 228 Å². The average molecular weight is 553 g/mol. The standard InChI is InChI=1S/C26H52N2O6S2/c1-7-24(4)27-13-16-32-19-18-31-15-11-26(5,36-35-6)34-22-21-33-20-17-30-14-10-25(29)28-12-8-9-23(2)3/h8-9,23-24,27H,7,10-22H2,1-6H3,(H,28,29)/b9-8+. The van der Waals surface area contributed by atoms with E-state index < -0.39 is 0 Å². The van der Waals surface area contributed by atoms with Crippen molar-refractivity contribution in [1.29, 1.82) is 0 Å². The van der Waals surface area contributed by atoms with E-state index in [0.717, 1.165) is 19.4 Å². The van der Waals surface area contributed by atoms with Gasteiger partial charge in [-0.3, -0.25) is 4.79 Å². The van der Waals surface area contributed by atoms with Gasteiger partial charge in [0.05, 0.1) is 59.5 Å². The van der Waals surface area contributed by atoms with E-state index in [1.807, 2.05) is 12.3 Å². The summed E-state index contributed by atoms with van der Waals surface area (Å²) in [5.74, 6) is 0.486. The third kappa shape index (κ3) is 24.0. The van der Waals surface area contributed by atoms with Crippen LogP contribution in [0.2, 0.25) is 0 Å². The van der Waals surface area contributed by atoms with Crippen LogP contribution in [0.5, 0.6) is 0 Å². The van der Waals surface area contributed by atoms with E-state index in [0.29, 0.717) is 84.4 Å². The lowest BCUT2D eigenvalue weighted by Gasteiger charge is -2.28. The summed E-state index contributed by atoms with van der Waals surface area (Å²) in [5.41, 5.74) is 0. The predicted octanol–water partition coefficient (Wildman–Crippen LogP) is 4.29. The summed E-state index contributed by atoms with van der Waals surface area (Å²) in [7, 11) is 3.38. The van der Waals surface area contributed by atoms with Crippen molar-refractivity contribution >= 4 is 27.5 Å². The molecule has 214 valence electrons. The topological polar surface area (TPSA) is 87.3 Å². The van der Waals surface area contributed by atoms with Gasteiger partial charge in [0.15, 0.2) is 0 Å². The minimum absolute atomic E-state index is 0.00539. The van der Waals surface area contributed by atoms with Crippen molar-refractivity contribution in [1.82, 2.24) is 10.6 Å². The van der Waals surface area contributed by atoms with Gasteiger partial charge in [-0.15, -0.1) is 0 Å². The van der Waals surface area contributed by atoms with Gasteiger partial charge in [-0.25, -0.2) is 0 Å². The van der Waals surface area contributed by atoms with E-state index in [2.05, 4.69) is 51.3 Å². The quantitative estimate of drug-likeness (QED) is 0.0706. The van der Waals surface area contributed by atoms with Gasteiger partial charge in [-0.2, -0.15) is 0 Å². The van der Waals surface area contributed by atoms with E-state index in [9.17, 15) is 4.79 Å². The van der Waals surface area contributed by atoms with Crippen molar-refractivity contribution in [3.8, 4) is 0 Å². The summed E-state index contributed by atoms with van der Waals surface area (Å²) in [6, 6.07) is 0.530. The summed E-state index contributed by atoms with van der Waals surface area (Å²) in [4.78, 5) is 11.4. The Bertz CT molecular complexity index is 543. The molecule has 0 bridgehead atoms. The van der Waals surface area contributed by atoms with Crippen molar-refractivity contribution in [3.05, 3.63) is 12.2 Å². The third-order valence-electron chi connectivity index (χ3n) is 5.10. The SMILES string of the molecule is CCC(C)NCCOCCOCCC(C)(OCCOCCOCCC(=O)NC/C=C/C(C)C)SSC. The Hall–Kier alpha value is -0.330. The van der Waals surface area contributed by atoms with Gasteiger partial charge in [0.25, 0.3) is 0 Å². The molecule has 0 fully saturated rings. The van der Waals surface area contributed by atoms with Crippen LogP contribution in [0, 0.1) is 5.92 Å². The van der Waals surface area contributed by atoms with Gasteiger partial charge >= 0.3 is 0 Å². The molecular weight excluding hydrogens is 500 g/mol. The molecule has 0 saturated carbocycles. The van der Waals surface area contributed by atoms with E-state index in [4.69, 9.17) is 23.7 Å². The fourth-order valence-electron chi connectivity index (χ4n) is 2.82. The van der Waals surface area contributed by atoms with Gasteiger partial charge in [-0.05, 0) is 32.4 Å². The second kappa shape index (κ2) is 25.0. The maximum absolute atomic E-state index is 11.7. The lowest BCUT2D eigenvalue weighted by Crippen LogP contribution is -2.29. The van der Waals surface area contributed by atoms with Crippen LogP contribution in [0.3, 0.4) is 0 Å². The summed E-state index contributed by atoms with van der Waals surface area (Å²) in [6.07, 6.45) is 8.35. The molecule has 0 spiro atoms. The fourth-order valence-corrected chi connectivity index (χ4v) is 4.92. The largest absolute Gasteiger partial charge is 0.379 e. The van der Waals surface area contributed by atoms with Crippen LogP contribution in [0.4, 0.5) is 0 Å². The number of carbonyl (C=O) groups is 1. The molecule has 0 aliphatic heterocycles. The zero-order valence-electron chi connectivity index (χ0n) is 23.5. The highest BCUT2D eigenvalue weighted by atomic mass is 33.1. The smallest absolute Gasteiger partial charge is 0.222 e. The molecule has 0 rings (SSSR count).